The highest BCUT2D eigenvalue weighted by molar-refractivity contribution is 6.17. The smallest absolute Gasteiger partial charge is 0.328 e. The summed E-state index contributed by atoms with van der Waals surface area (Å²) in [4.78, 5) is 194. The highest BCUT2D eigenvalue weighted by Crippen LogP contribution is 2.19. The number of aliphatic carboxylic acids is 3. The van der Waals surface area contributed by atoms with Crippen LogP contribution in [0.4, 0.5) is 10.5 Å². The highest BCUT2D eigenvalue weighted by atomic mass is 16.5. The maximum atomic E-state index is 13.4. The Kier molecular flexibility index (Phi) is 36.8. The lowest BCUT2D eigenvalue weighted by Gasteiger charge is -2.29. The molecule has 99 heavy (non-hydrogen) atoms. The molecule has 0 radical (unpaired) electrons. The van der Waals surface area contributed by atoms with Gasteiger partial charge in [-0.2, -0.15) is 0 Å². The number of carbonyl (C=O) groups excluding carboxylic acids is 13. The van der Waals surface area contributed by atoms with E-state index in [0.717, 1.165) is 89.2 Å². The number of carbonyl (C=O) groups is 16. The molecule has 0 bridgehead atoms. The second kappa shape index (κ2) is 42.7. The number of urea groups is 1. The van der Waals surface area contributed by atoms with E-state index < -0.39 is 131 Å². The summed E-state index contributed by atoms with van der Waals surface area (Å²) >= 11 is 0. The van der Waals surface area contributed by atoms with Crippen LogP contribution in [0.25, 0.3) is 0 Å². The molecule has 546 valence electrons. The van der Waals surface area contributed by atoms with Crippen molar-refractivity contribution in [1.29, 1.82) is 0 Å². The number of ether oxygens (including phenoxy) is 1. The molecular weight excluding hydrogens is 1290 g/mol. The van der Waals surface area contributed by atoms with Crippen molar-refractivity contribution >= 4 is 101 Å². The Morgan fingerprint density at radius 2 is 0.929 bits per heavy atom. The minimum absolute atomic E-state index is 0.0478. The monoisotopic (exact) mass is 1390 g/mol. The molecule has 0 aliphatic carbocycles. The third-order valence-electron chi connectivity index (χ3n) is 15.2. The van der Waals surface area contributed by atoms with E-state index in [1.165, 1.54) is 0 Å². The maximum absolute atomic E-state index is 13.4. The highest BCUT2D eigenvalue weighted by Gasteiger charge is 2.40. The van der Waals surface area contributed by atoms with Crippen LogP contribution in [0, 0.1) is 11.8 Å². The average Bonchev–Trinajstić information content (AvgIpc) is 1.77. The van der Waals surface area contributed by atoms with Crippen LogP contribution in [0.3, 0.4) is 0 Å². The van der Waals surface area contributed by atoms with E-state index in [0.29, 0.717) is 47.5 Å². The number of nitrogens with two attached hydrogens (primary N) is 2. The van der Waals surface area contributed by atoms with Crippen molar-refractivity contribution in [1.82, 2.24) is 51.1 Å². The van der Waals surface area contributed by atoms with Crippen LogP contribution in [0.15, 0.2) is 72.9 Å². The molecule has 0 aromatic heterocycles. The minimum atomic E-state index is -1.34. The second-order valence-electron chi connectivity index (χ2n) is 24.7. The van der Waals surface area contributed by atoms with Crippen LogP contribution in [0.2, 0.25) is 0 Å². The van der Waals surface area contributed by atoms with E-state index in [-0.39, 0.29) is 63.4 Å². The van der Waals surface area contributed by atoms with Crippen LogP contribution in [-0.4, -0.2) is 229 Å². The molecular formula is C66H97N13O20. The van der Waals surface area contributed by atoms with Crippen molar-refractivity contribution < 1.29 is 96.8 Å². The molecule has 13 N–H and O–H groups in total. The molecule has 4 aliphatic heterocycles. The standard InChI is InChI=1S/C29H41N7O8.C14H22N2O4.C13H20N2O4.C10H14N2O4/c1-16(2)24(35-26(40)21(14-30)36-22(37)11-12-23(36)38)27(41)34-20(6-5-13-32-29(31)43)25(39)33-19-9-7-18(8-10-19)15-44-28(42)17(3)4;1-10(2)15(3)9-5-4-6-11(14(19)20)16-12(17)7-8-13(16)18;1-9(2)14-8-4-3-5-10(13(18)19)15-11(16)6-7-12(15)17;1-6(2)11-5-7(10(15)16)12-8(13)3-4-9(12)14/h7-12,16-17,20-21,24H,5-6,13-15,30H2,1-4H3,(H,33,39)(H,34,41)(H,35,40)(H3,31,32,43);7-8,10-11H,4-6,9H2,1-3H3,(H,19,20);6-7,9-10,14H,3-5,8H2,1-2H3,(H,18,19);3-4,6-7,11H,5H2,1-2H3,(H,15,16). The molecule has 1 aromatic rings. The van der Waals surface area contributed by atoms with Crippen LogP contribution in [0.5, 0.6) is 0 Å². The fourth-order valence-corrected chi connectivity index (χ4v) is 9.45. The predicted octanol–water partition coefficient (Wildman–Crippen LogP) is 0.421. The number of rotatable bonds is 37. The number of amides is 13. The Morgan fingerprint density at radius 1 is 0.505 bits per heavy atom. The van der Waals surface area contributed by atoms with Gasteiger partial charge in [0, 0.05) is 92.1 Å². The topological polar surface area (TPSA) is 483 Å². The molecule has 5 rings (SSSR count). The lowest BCUT2D eigenvalue weighted by Crippen LogP contribution is -2.60. The molecule has 13 amide bonds. The third-order valence-corrected chi connectivity index (χ3v) is 15.2. The molecule has 0 saturated carbocycles. The van der Waals surface area contributed by atoms with Gasteiger partial charge >= 0.3 is 29.9 Å². The van der Waals surface area contributed by atoms with Gasteiger partial charge in [-0.25, -0.2) is 19.2 Å². The number of anilines is 1. The first-order valence-corrected chi connectivity index (χ1v) is 32.4. The van der Waals surface area contributed by atoms with Crippen LogP contribution in [0.1, 0.15) is 126 Å². The van der Waals surface area contributed by atoms with E-state index in [9.17, 15) is 81.8 Å². The number of benzene rings is 1. The fourth-order valence-electron chi connectivity index (χ4n) is 9.45. The first kappa shape index (κ1) is 85.2. The van der Waals surface area contributed by atoms with Crippen LogP contribution in [-0.2, 0) is 83.3 Å². The second-order valence-corrected chi connectivity index (χ2v) is 24.7. The Balaban J connectivity index is 0.000000501. The third kappa shape index (κ3) is 29.0. The molecule has 6 unspecified atom stereocenters. The van der Waals surface area contributed by atoms with Crippen molar-refractivity contribution in [2.45, 2.75) is 182 Å². The van der Waals surface area contributed by atoms with Gasteiger partial charge in [-0.3, -0.25) is 77.1 Å². The van der Waals surface area contributed by atoms with E-state index >= 15 is 0 Å². The number of carboxylic acids is 3. The molecule has 0 spiro atoms. The zero-order valence-electron chi connectivity index (χ0n) is 57.9. The number of nitrogens with zero attached hydrogens (tertiary/aromatic N) is 5. The average molecular weight is 1390 g/mol. The van der Waals surface area contributed by atoms with Gasteiger partial charge in [0.05, 0.1) is 5.92 Å². The van der Waals surface area contributed by atoms with E-state index in [2.05, 4.69) is 50.6 Å². The van der Waals surface area contributed by atoms with E-state index in [1.807, 2.05) is 34.7 Å². The summed E-state index contributed by atoms with van der Waals surface area (Å²) in [7, 11) is 2.01. The lowest BCUT2D eigenvalue weighted by atomic mass is 10.0. The number of unbranched alkanes of at least 4 members (excludes halogenated alkanes) is 2. The van der Waals surface area contributed by atoms with Crippen molar-refractivity contribution in [3.63, 3.8) is 0 Å². The number of hydrogen-bond donors (Lipinski definition) is 11. The summed E-state index contributed by atoms with van der Waals surface area (Å²) in [5.74, 6) is -11.3. The van der Waals surface area contributed by atoms with Crippen LogP contribution < -0.4 is 43.4 Å². The van der Waals surface area contributed by atoms with Gasteiger partial charge in [-0.1, -0.05) is 67.5 Å². The summed E-state index contributed by atoms with van der Waals surface area (Å²) in [5.41, 5.74) is 11.9. The minimum Gasteiger partial charge on any atom is -0.480 e. The number of primary amides is 1. The Hall–Kier alpha value is -9.86. The predicted molar refractivity (Wildman–Crippen MR) is 358 cm³/mol. The summed E-state index contributed by atoms with van der Waals surface area (Å²) in [6, 6.07) is -0.0863. The first-order chi connectivity index (χ1) is 46.4. The van der Waals surface area contributed by atoms with E-state index in [4.69, 9.17) is 26.4 Å². The maximum Gasteiger partial charge on any atom is 0.328 e. The van der Waals surface area contributed by atoms with Gasteiger partial charge < -0.3 is 68.3 Å². The fraction of sp³-hybridized carbons (Fsp3) is 0.545. The summed E-state index contributed by atoms with van der Waals surface area (Å²) < 4.78 is 5.21. The van der Waals surface area contributed by atoms with Crippen molar-refractivity contribution in [3.05, 3.63) is 78.4 Å². The quantitative estimate of drug-likeness (QED) is 0.0244. The molecule has 33 nitrogen and oxygen atoms in total. The zero-order valence-corrected chi connectivity index (χ0v) is 57.9. The lowest BCUT2D eigenvalue weighted by molar-refractivity contribution is -0.153. The van der Waals surface area contributed by atoms with Crippen molar-refractivity contribution in [3.8, 4) is 0 Å². The number of imide groups is 4. The van der Waals surface area contributed by atoms with Gasteiger partial charge in [0.1, 0.15) is 42.9 Å². The number of nitrogens with one attached hydrogen (secondary N) is 6. The SMILES string of the molecule is CC(C)C(=O)OCc1ccc(NC(=O)C(CCCNC(N)=O)NC(=O)C(NC(=O)C(CN)N2C(=O)C=CC2=O)C(C)C)cc1.CC(C)N(C)CCCCC(C(=O)O)N1C(=O)C=CC1=O.CC(C)NCC(C(=O)O)N1C(=O)C=CC1=O.CC(C)NCCCCC(C(=O)O)N1C(=O)C=CC1=O. The van der Waals surface area contributed by atoms with Gasteiger partial charge in [-0.05, 0) is 109 Å². The van der Waals surface area contributed by atoms with E-state index in [1.54, 1.807) is 52.0 Å². The van der Waals surface area contributed by atoms with Gasteiger partial charge in [-0.15, -0.1) is 0 Å². The van der Waals surface area contributed by atoms with Crippen molar-refractivity contribution in [2.75, 3.05) is 45.1 Å². The number of carboxylic acid groups (broad SMARTS) is 3. The molecule has 33 heteroatoms. The molecule has 4 heterocycles. The molecule has 0 fully saturated rings. The Labute approximate surface area is 574 Å². The number of hydrogen-bond acceptors (Lipinski definition) is 21. The molecule has 0 saturated heterocycles. The first-order valence-electron chi connectivity index (χ1n) is 32.4. The summed E-state index contributed by atoms with van der Waals surface area (Å²) in [6.07, 6.45) is 12.6. The molecule has 4 aliphatic rings. The Bertz CT molecular complexity index is 3110. The van der Waals surface area contributed by atoms with Gasteiger partial charge in [0.15, 0.2) is 0 Å². The van der Waals surface area contributed by atoms with Crippen molar-refractivity contribution in [2.24, 2.45) is 23.3 Å². The molecule has 6 atom stereocenters. The van der Waals surface area contributed by atoms with Crippen LogP contribution >= 0.6 is 0 Å². The summed E-state index contributed by atoms with van der Waals surface area (Å²) in [6.45, 7) is 20.3. The van der Waals surface area contributed by atoms with Gasteiger partial charge in [0.25, 0.3) is 47.3 Å². The largest absolute Gasteiger partial charge is 0.480 e. The Morgan fingerprint density at radius 3 is 1.31 bits per heavy atom. The van der Waals surface area contributed by atoms with Gasteiger partial charge in [0.2, 0.25) is 17.7 Å². The zero-order chi connectivity index (χ0) is 75.0. The summed E-state index contributed by atoms with van der Waals surface area (Å²) in [5, 5.41) is 43.7. The molecule has 1 aromatic carbocycles. The normalized spacial score (nSPS) is 15.8. The number of esters is 1.